The zero-order valence-electron chi connectivity index (χ0n) is 9.98. The Balaban J connectivity index is 2.05. The third-order valence-corrected chi connectivity index (χ3v) is 2.61. The zero-order valence-corrected chi connectivity index (χ0v) is 9.98. The largest absolute Gasteiger partial charge is 0.398 e. The van der Waals surface area contributed by atoms with Crippen molar-refractivity contribution in [1.82, 2.24) is 20.1 Å². The van der Waals surface area contributed by atoms with Crippen LogP contribution in [-0.2, 0) is 0 Å². The van der Waals surface area contributed by atoms with E-state index in [1.165, 1.54) is 18.2 Å². The van der Waals surface area contributed by atoms with Gasteiger partial charge in [0.2, 0.25) is 5.82 Å². The molecular formula is C11H8N6O3. The maximum Gasteiger partial charge on any atom is 0.270 e. The second-order valence-corrected chi connectivity index (χ2v) is 3.89. The first-order valence-electron chi connectivity index (χ1n) is 5.53. The SMILES string of the molecule is Nc1ccc([N+](=O)[O-])cc1-c1nc(-c2ncc[nH]2)no1. The van der Waals surface area contributed by atoms with Gasteiger partial charge in [0.15, 0.2) is 5.82 Å². The van der Waals surface area contributed by atoms with Crippen LogP contribution >= 0.6 is 0 Å². The molecule has 100 valence electrons. The monoisotopic (exact) mass is 272 g/mol. The van der Waals surface area contributed by atoms with Crippen molar-refractivity contribution < 1.29 is 9.45 Å². The molecule has 3 N–H and O–H groups in total. The molecule has 0 aliphatic rings. The Hall–Kier alpha value is -3.23. The van der Waals surface area contributed by atoms with Crippen molar-refractivity contribution in [3.63, 3.8) is 0 Å². The number of nitrogen functional groups attached to an aromatic ring is 1. The fourth-order valence-electron chi connectivity index (χ4n) is 1.66. The average molecular weight is 272 g/mol. The molecule has 0 fully saturated rings. The molecule has 20 heavy (non-hydrogen) atoms. The summed E-state index contributed by atoms with van der Waals surface area (Å²) in [7, 11) is 0. The van der Waals surface area contributed by atoms with Crippen LogP contribution in [0.3, 0.4) is 0 Å². The summed E-state index contributed by atoms with van der Waals surface area (Å²) in [5.41, 5.74) is 6.29. The minimum Gasteiger partial charge on any atom is -0.398 e. The van der Waals surface area contributed by atoms with E-state index in [0.29, 0.717) is 17.1 Å². The molecule has 3 rings (SSSR count). The van der Waals surface area contributed by atoms with Crippen molar-refractivity contribution in [2.75, 3.05) is 5.73 Å². The predicted molar refractivity (Wildman–Crippen MR) is 68.4 cm³/mol. The van der Waals surface area contributed by atoms with Gasteiger partial charge in [0, 0.05) is 30.2 Å². The number of hydrogen-bond acceptors (Lipinski definition) is 7. The summed E-state index contributed by atoms with van der Waals surface area (Å²) in [5, 5.41) is 14.5. The van der Waals surface area contributed by atoms with Crippen LogP contribution in [0.2, 0.25) is 0 Å². The first kappa shape index (κ1) is 11.8. The number of H-pyrrole nitrogens is 1. The first-order chi connectivity index (χ1) is 9.65. The molecule has 0 atom stereocenters. The quantitative estimate of drug-likeness (QED) is 0.419. The minimum absolute atomic E-state index is 0.0950. The van der Waals surface area contributed by atoms with Gasteiger partial charge in [-0.1, -0.05) is 5.16 Å². The maximum atomic E-state index is 10.8. The third-order valence-electron chi connectivity index (χ3n) is 2.61. The zero-order chi connectivity index (χ0) is 14.1. The van der Waals surface area contributed by atoms with Crippen molar-refractivity contribution >= 4 is 11.4 Å². The lowest BCUT2D eigenvalue weighted by atomic mass is 10.1. The van der Waals surface area contributed by atoms with E-state index in [-0.39, 0.29) is 17.4 Å². The van der Waals surface area contributed by atoms with Crippen LogP contribution in [0.4, 0.5) is 11.4 Å². The van der Waals surface area contributed by atoms with Gasteiger partial charge < -0.3 is 15.2 Å². The molecule has 0 aliphatic carbocycles. The van der Waals surface area contributed by atoms with E-state index in [0.717, 1.165) is 0 Å². The molecule has 0 radical (unpaired) electrons. The number of nitro benzene ring substituents is 1. The highest BCUT2D eigenvalue weighted by Gasteiger charge is 2.17. The van der Waals surface area contributed by atoms with Crippen LogP contribution in [0, 0.1) is 10.1 Å². The molecule has 0 bridgehead atoms. The normalized spacial score (nSPS) is 10.6. The lowest BCUT2D eigenvalue weighted by molar-refractivity contribution is -0.384. The molecule has 9 nitrogen and oxygen atoms in total. The molecule has 0 spiro atoms. The topological polar surface area (TPSA) is 137 Å². The Labute approximate surface area is 111 Å². The molecule has 3 aromatic rings. The standard InChI is InChI=1S/C11H8N6O3/c12-8-2-1-6(17(18)19)5-7(8)11-15-10(16-20-11)9-13-3-4-14-9/h1-5H,12H2,(H,13,14). The summed E-state index contributed by atoms with van der Waals surface area (Å²) < 4.78 is 5.07. The summed E-state index contributed by atoms with van der Waals surface area (Å²) in [6.07, 6.45) is 3.17. The van der Waals surface area contributed by atoms with Gasteiger partial charge in [-0.25, -0.2) is 4.98 Å². The molecule has 2 aromatic heterocycles. The number of nitrogens with zero attached hydrogens (tertiary/aromatic N) is 4. The van der Waals surface area contributed by atoms with E-state index in [4.69, 9.17) is 10.3 Å². The number of aromatic amines is 1. The molecule has 1 aromatic carbocycles. The van der Waals surface area contributed by atoms with Crippen LogP contribution in [-0.4, -0.2) is 25.0 Å². The Bertz CT molecular complexity index is 764. The van der Waals surface area contributed by atoms with E-state index in [1.54, 1.807) is 12.4 Å². The third kappa shape index (κ3) is 1.96. The number of anilines is 1. The number of nitrogens with one attached hydrogen (secondary N) is 1. The van der Waals surface area contributed by atoms with Crippen LogP contribution in [0.15, 0.2) is 35.1 Å². The summed E-state index contributed by atoms with van der Waals surface area (Å²) in [4.78, 5) is 21.2. The van der Waals surface area contributed by atoms with Gasteiger partial charge >= 0.3 is 0 Å². The summed E-state index contributed by atoms with van der Waals surface area (Å²) in [5.74, 6) is 0.775. The number of benzene rings is 1. The fourth-order valence-corrected chi connectivity index (χ4v) is 1.66. The molecule has 2 heterocycles. The smallest absolute Gasteiger partial charge is 0.270 e. The van der Waals surface area contributed by atoms with Gasteiger partial charge in [-0.3, -0.25) is 10.1 Å². The van der Waals surface area contributed by atoms with Crippen LogP contribution in [0.5, 0.6) is 0 Å². The number of nitrogens with two attached hydrogens (primary N) is 1. The average Bonchev–Trinajstić information content (AvgIpc) is 3.10. The van der Waals surface area contributed by atoms with Gasteiger partial charge in [-0.05, 0) is 6.07 Å². The van der Waals surface area contributed by atoms with Crippen LogP contribution in [0.1, 0.15) is 0 Å². The molecule has 0 amide bonds. The number of imidazole rings is 1. The summed E-state index contributed by atoms with van der Waals surface area (Å²) in [6.45, 7) is 0. The predicted octanol–water partition coefficient (Wildman–Crippen LogP) is 1.62. The van der Waals surface area contributed by atoms with Gasteiger partial charge in [-0.2, -0.15) is 4.98 Å². The molecule has 0 aliphatic heterocycles. The molecular weight excluding hydrogens is 264 g/mol. The van der Waals surface area contributed by atoms with E-state index in [1.807, 2.05) is 0 Å². The molecule has 0 unspecified atom stereocenters. The van der Waals surface area contributed by atoms with E-state index in [9.17, 15) is 10.1 Å². The number of nitro groups is 1. The van der Waals surface area contributed by atoms with Crippen molar-refractivity contribution in [3.8, 4) is 23.1 Å². The first-order valence-corrected chi connectivity index (χ1v) is 5.53. The van der Waals surface area contributed by atoms with Crippen molar-refractivity contribution in [1.29, 1.82) is 0 Å². The highest BCUT2D eigenvalue weighted by Crippen LogP contribution is 2.29. The van der Waals surface area contributed by atoms with E-state index >= 15 is 0 Å². The van der Waals surface area contributed by atoms with Crippen molar-refractivity contribution in [2.24, 2.45) is 0 Å². The molecule has 9 heteroatoms. The van der Waals surface area contributed by atoms with Gasteiger partial charge in [-0.15, -0.1) is 0 Å². The van der Waals surface area contributed by atoms with Crippen LogP contribution in [0.25, 0.3) is 23.1 Å². The van der Waals surface area contributed by atoms with Gasteiger partial charge in [0.1, 0.15) is 0 Å². The molecule has 0 saturated heterocycles. The number of rotatable bonds is 3. The minimum atomic E-state index is -0.521. The van der Waals surface area contributed by atoms with Crippen LogP contribution < -0.4 is 5.73 Å². The highest BCUT2D eigenvalue weighted by molar-refractivity contribution is 5.73. The number of aromatic nitrogens is 4. The maximum absolute atomic E-state index is 10.8. The van der Waals surface area contributed by atoms with Gasteiger partial charge in [0.25, 0.3) is 11.6 Å². The van der Waals surface area contributed by atoms with Crippen molar-refractivity contribution in [2.45, 2.75) is 0 Å². The van der Waals surface area contributed by atoms with Gasteiger partial charge in [0.05, 0.1) is 10.5 Å². The Morgan fingerprint density at radius 3 is 2.95 bits per heavy atom. The summed E-state index contributed by atoms with van der Waals surface area (Å²) >= 11 is 0. The fraction of sp³-hybridized carbons (Fsp3) is 0. The Morgan fingerprint density at radius 1 is 1.40 bits per heavy atom. The number of non-ortho nitro benzene ring substituents is 1. The molecule has 0 saturated carbocycles. The van der Waals surface area contributed by atoms with E-state index in [2.05, 4.69) is 20.1 Å². The van der Waals surface area contributed by atoms with Crippen molar-refractivity contribution in [3.05, 3.63) is 40.7 Å². The Kier molecular flexibility index (Phi) is 2.64. The lowest BCUT2D eigenvalue weighted by Gasteiger charge is -1.99. The van der Waals surface area contributed by atoms with E-state index < -0.39 is 4.92 Å². The summed E-state index contributed by atoms with van der Waals surface area (Å²) in [6, 6.07) is 4.02. The number of hydrogen-bond donors (Lipinski definition) is 2. The highest BCUT2D eigenvalue weighted by atomic mass is 16.6. The lowest BCUT2D eigenvalue weighted by Crippen LogP contribution is -1.94. The second kappa shape index (κ2) is 4.46. The second-order valence-electron chi connectivity index (χ2n) is 3.89. The Morgan fingerprint density at radius 2 is 2.25 bits per heavy atom.